The Hall–Kier alpha value is -1.72. The zero-order valence-electron chi connectivity index (χ0n) is 23.7. The van der Waals surface area contributed by atoms with Crippen molar-refractivity contribution >= 4 is 0 Å². The topological polar surface area (TPSA) is 0 Å². The minimum absolute atomic E-state index is 0. The van der Waals surface area contributed by atoms with Gasteiger partial charge in [-0.2, -0.15) is 22.3 Å². The second kappa shape index (κ2) is 13.6. The third-order valence-electron chi connectivity index (χ3n) is 7.51. The fraction of sp³-hybridized carbons (Fsp3) is 0.412. The van der Waals surface area contributed by atoms with Crippen LogP contribution < -0.4 is 0 Å². The fourth-order valence-electron chi connectivity index (χ4n) is 4.39. The Morgan fingerprint density at radius 1 is 0.514 bits per heavy atom. The Kier molecular flexibility index (Phi) is 12.1. The summed E-state index contributed by atoms with van der Waals surface area (Å²) in [5.74, 6) is 0. The average molecular weight is 544 g/mol. The molecule has 0 saturated heterocycles. The molecule has 0 amide bonds. The Morgan fingerprint density at radius 2 is 0.800 bits per heavy atom. The Morgan fingerprint density at radius 3 is 0.971 bits per heavy atom. The van der Waals surface area contributed by atoms with Crippen molar-refractivity contribution in [1.82, 2.24) is 0 Å². The van der Waals surface area contributed by atoms with Crippen LogP contribution in [0, 0.1) is 23.0 Å². The van der Waals surface area contributed by atoms with Gasteiger partial charge in [0.15, 0.2) is 0 Å². The molecule has 0 bridgehead atoms. The Balaban J connectivity index is 0.000000265. The van der Waals surface area contributed by atoms with Crippen molar-refractivity contribution in [3.63, 3.8) is 0 Å². The van der Waals surface area contributed by atoms with Crippen LogP contribution in [0.4, 0.5) is 0 Å². The van der Waals surface area contributed by atoms with Crippen LogP contribution in [0.15, 0.2) is 94.1 Å². The fourth-order valence-corrected chi connectivity index (χ4v) is 4.39. The van der Waals surface area contributed by atoms with Gasteiger partial charge < -0.3 is 0 Å². The van der Waals surface area contributed by atoms with Crippen molar-refractivity contribution in [3.8, 4) is 0 Å². The van der Waals surface area contributed by atoms with Crippen LogP contribution in [-0.2, 0) is 39.0 Å². The van der Waals surface area contributed by atoms with Gasteiger partial charge in [0, 0.05) is 0 Å². The van der Waals surface area contributed by atoms with Gasteiger partial charge in [-0.3, -0.25) is 12.2 Å². The van der Waals surface area contributed by atoms with Crippen LogP contribution in [0.1, 0.15) is 80.4 Å². The summed E-state index contributed by atoms with van der Waals surface area (Å²) in [6, 6.07) is 21.2. The quantitative estimate of drug-likeness (QED) is 0.338. The number of rotatable bonds is 3. The summed E-state index contributed by atoms with van der Waals surface area (Å²) in [6.45, 7) is 21.8. The summed E-state index contributed by atoms with van der Waals surface area (Å²) in [4.78, 5) is 0. The predicted octanol–water partition coefficient (Wildman–Crippen LogP) is 9.69. The smallest absolute Gasteiger partial charge is 0.263 e. The van der Waals surface area contributed by atoms with Gasteiger partial charge in [0.25, 0.3) is 0 Å². The van der Waals surface area contributed by atoms with E-state index in [1.54, 1.807) is 0 Å². The second-order valence-electron chi connectivity index (χ2n) is 10.7. The number of allylic oxidation sites excluding steroid dienone is 8. The molecule has 2 aliphatic rings. The molecule has 0 fully saturated rings. The molecule has 35 heavy (non-hydrogen) atoms. The van der Waals surface area contributed by atoms with Gasteiger partial charge in [0.2, 0.25) is 0 Å². The van der Waals surface area contributed by atoms with E-state index < -0.39 is 0 Å². The average Bonchev–Trinajstić information content (AvgIpc) is 3.10. The van der Waals surface area contributed by atoms with E-state index in [1.165, 1.54) is 44.6 Å². The van der Waals surface area contributed by atoms with Gasteiger partial charge >= 0.3 is 26.2 Å². The predicted molar refractivity (Wildman–Crippen MR) is 149 cm³/mol. The molecule has 0 atom stereocenters. The van der Waals surface area contributed by atoms with Gasteiger partial charge in [-0.1, -0.05) is 127 Å². The third kappa shape index (κ3) is 9.02. The molecule has 0 aliphatic heterocycles. The molecule has 2 aromatic rings. The standard InChI is InChI=1S/C14H14.2C10H15.Zr/c1-3-7-13(8-4-1)11-12-14-9-5-2-6-10-14;2*1-7-6-10(4,5)9(3)8(7)2;/h1-10H,11-12H2;2*1-5H3;/q;2*-1;+2. The minimum Gasteiger partial charge on any atom is -0.263 e. The number of hydrogen-bond acceptors (Lipinski definition) is 0. The molecule has 0 heterocycles. The molecule has 0 unspecified atom stereocenters. The molecular formula is C34H44Zr. The maximum Gasteiger partial charge on any atom is 2.00 e. The first kappa shape index (κ1) is 31.3. The molecule has 0 N–H and O–H groups in total. The van der Waals surface area contributed by atoms with Crippen molar-refractivity contribution in [3.05, 3.63) is 117 Å². The summed E-state index contributed by atoms with van der Waals surface area (Å²) < 4.78 is 0. The van der Waals surface area contributed by atoms with Gasteiger partial charge in [-0.15, -0.1) is 13.8 Å². The van der Waals surface area contributed by atoms with E-state index in [-0.39, 0.29) is 37.0 Å². The zero-order valence-corrected chi connectivity index (χ0v) is 26.1. The molecule has 4 rings (SSSR count). The summed E-state index contributed by atoms with van der Waals surface area (Å²) in [5, 5.41) is 0. The van der Waals surface area contributed by atoms with E-state index >= 15 is 0 Å². The number of hydrogen-bond donors (Lipinski definition) is 0. The molecule has 1 heteroatoms. The first-order valence-corrected chi connectivity index (χ1v) is 12.5. The van der Waals surface area contributed by atoms with E-state index in [0.717, 1.165) is 12.8 Å². The van der Waals surface area contributed by atoms with Gasteiger partial charge in [0.05, 0.1) is 0 Å². The largest absolute Gasteiger partial charge is 2.00 e. The Bertz CT molecular complexity index is 984. The SMILES string of the molecule is CC1=[C-]C(C)(C)C(C)=C1C.CC1=[C-]C(C)(C)C(C)=C1C.[Zr+2].c1ccc(CCc2ccccc2)cc1. The van der Waals surface area contributed by atoms with Crippen LogP contribution in [-0.4, -0.2) is 0 Å². The van der Waals surface area contributed by atoms with E-state index in [9.17, 15) is 0 Å². The maximum absolute atomic E-state index is 3.44. The summed E-state index contributed by atoms with van der Waals surface area (Å²) >= 11 is 0. The Labute approximate surface area is 235 Å². The van der Waals surface area contributed by atoms with Crippen LogP contribution >= 0.6 is 0 Å². The van der Waals surface area contributed by atoms with Gasteiger partial charge in [-0.05, 0) is 24.0 Å². The van der Waals surface area contributed by atoms with E-state index in [1.807, 2.05) is 0 Å². The summed E-state index contributed by atoms with van der Waals surface area (Å²) in [6.07, 6.45) is 9.13. The van der Waals surface area contributed by atoms with Crippen LogP contribution in [0.2, 0.25) is 0 Å². The monoisotopic (exact) mass is 542 g/mol. The first-order chi connectivity index (χ1) is 15.8. The van der Waals surface area contributed by atoms with E-state index in [0.29, 0.717) is 0 Å². The molecule has 0 radical (unpaired) electrons. The van der Waals surface area contributed by atoms with Crippen molar-refractivity contribution in [2.45, 2.75) is 82.1 Å². The van der Waals surface area contributed by atoms with Gasteiger partial charge in [0.1, 0.15) is 0 Å². The normalized spacial score (nSPS) is 17.4. The number of benzene rings is 2. The zero-order chi connectivity index (χ0) is 25.5. The van der Waals surface area contributed by atoms with Crippen molar-refractivity contribution < 1.29 is 26.2 Å². The van der Waals surface area contributed by atoms with Gasteiger partial charge in [-0.25, -0.2) is 11.1 Å². The molecular weight excluding hydrogens is 500 g/mol. The number of aryl methyl sites for hydroxylation is 2. The molecule has 2 aromatic carbocycles. The van der Waals surface area contributed by atoms with Crippen molar-refractivity contribution in [1.29, 1.82) is 0 Å². The van der Waals surface area contributed by atoms with Crippen molar-refractivity contribution in [2.75, 3.05) is 0 Å². The molecule has 0 aromatic heterocycles. The molecule has 184 valence electrons. The third-order valence-corrected chi connectivity index (χ3v) is 7.51. The molecule has 0 nitrogen and oxygen atoms in total. The van der Waals surface area contributed by atoms with Crippen LogP contribution in [0.25, 0.3) is 0 Å². The van der Waals surface area contributed by atoms with Crippen molar-refractivity contribution in [2.24, 2.45) is 10.8 Å². The van der Waals surface area contributed by atoms with Crippen LogP contribution in [0.3, 0.4) is 0 Å². The first-order valence-electron chi connectivity index (χ1n) is 12.5. The molecule has 2 aliphatic carbocycles. The summed E-state index contributed by atoms with van der Waals surface area (Å²) in [7, 11) is 0. The van der Waals surface area contributed by atoms with E-state index in [2.05, 4.69) is 142 Å². The summed E-state index contributed by atoms with van der Waals surface area (Å²) in [5.41, 5.74) is 11.6. The molecule has 0 spiro atoms. The van der Waals surface area contributed by atoms with Crippen LogP contribution in [0.5, 0.6) is 0 Å². The van der Waals surface area contributed by atoms with E-state index in [4.69, 9.17) is 0 Å². The minimum atomic E-state index is 0. The maximum atomic E-state index is 3.44. The second-order valence-corrected chi connectivity index (χ2v) is 10.7. The molecule has 0 saturated carbocycles.